The van der Waals surface area contributed by atoms with E-state index in [1.54, 1.807) is 6.20 Å². The molecular weight excluding hydrogens is 200 g/mol. The van der Waals surface area contributed by atoms with Crippen molar-refractivity contribution in [1.82, 2.24) is 10.3 Å². The summed E-state index contributed by atoms with van der Waals surface area (Å²) in [6.07, 6.45) is 2.56. The van der Waals surface area contributed by atoms with Crippen molar-refractivity contribution < 1.29 is 4.42 Å². The third-order valence-corrected chi connectivity index (χ3v) is 2.35. The summed E-state index contributed by atoms with van der Waals surface area (Å²) in [6.45, 7) is 3.83. The molecule has 2 aromatic heterocycles. The summed E-state index contributed by atoms with van der Waals surface area (Å²) in [5, 5.41) is 3.23. The Morgan fingerprint density at radius 1 is 1.19 bits per heavy atom. The average molecular weight is 216 g/mol. The van der Waals surface area contributed by atoms with Gasteiger partial charge in [-0.1, -0.05) is 13.0 Å². The molecule has 0 saturated carbocycles. The van der Waals surface area contributed by atoms with E-state index in [4.69, 9.17) is 4.42 Å². The predicted molar refractivity (Wildman–Crippen MR) is 63.1 cm³/mol. The Balaban J connectivity index is 1.97. The zero-order valence-corrected chi connectivity index (χ0v) is 9.44. The molecule has 0 saturated heterocycles. The lowest BCUT2D eigenvalue weighted by molar-refractivity contribution is 0.455. The quantitative estimate of drug-likeness (QED) is 0.833. The van der Waals surface area contributed by atoms with E-state index in [1.807, 2.05) is 30.3 Å². The van der Waals surface area contributed by atoms with Crippen molar-refractivity contribution in [2.75, 3.05) is 6.54 Å². The molecule has 0 aromatic carbocycles. The fourth-order valence-corrected chi connectivity index (χ4v) is 1.54. The van der Waals surface area contributed by atoms with Crippen molar-refractivity contribution in [2.24, 2.45) is 0 Å². The largest absolute Gasteiger partial charge is 0.464 e. The molecule has 0 fully saturated rings. The zero-order valence-electron chi connectivity index (χ0n) is 9.44. The van der Waals surface area contributed by atoms with Crippen molar-refractivity contribution in [3.8, 4) is 0 Å². The monoisotopic (exact) mass is 216 g/mol. The first-order chi connectivity index (χ1) is 7.88. The first-order valence-corrected chi connectivity index (χ1v) is 5.56. The third-order valence-electron chi connectivity index (χ3n) is 2.35. The molecule has 0 bridgehead atoms. The van der Waals surface area contributed by atoms with E-state index in [0.29, 0.717) is 0 Å². The van der Waals surface area contributed by atoms with Crippen LogP contribution >= 0.6 is 0 Å². The second-order valence-corrected chi connectivity index (χ2v) is 3.65. The Morgan fingerprint density at radius 2 is 2.06 bits per heavy atom. The lowest BCUT2D eigenvalue weighted by Crippen LogP contribution is -2.10. The Hall–Kier alpha value is -1.61. The van der Waals surface area contributed by atoms with E-state index in [9.17, 15) is 0 Å². The fraction of sp³-hybridized carbons (Fsp3) is 0.308. The molecule has 2 aromatic rings. The van der Waals surface area contributed by atoms with E-state index in [-0.39, 0.29) is 0 Å². The number of pyridine rings is 1. The van der Waals surface area contributed by atoms with Crippen LogP contribution in [0.15, 0.2) is 40.9 Å². The third kappa shape index (κ3) is 2.94. The number of nitrogens with one attached hydrogen (secondary N) is 1. The molecule has 0 unspecified atom stereocenters. The van der Waals surface area contributed by atoms with E-state index < -0.39 is 0 Å². The van der Waals surface area contributed by atoms with Crippen molar-refractivity contribution in [3.05, 3.63) is 53.7 Å². The molecule has 0 radical (unpaired) electrons. The highest BCUT2D eigenvalue weighted by atomic mass is 16.3. The van der Waals surface area contributed by atoms with Gasteiger partial charge in [-0.05, 0) is 30.8 Å². The summed E-state index contributed by atoms with van der Waals surface area (Å²) in [5.74, 6) is 1.94. The number of nitrogens with zero attached hydrogens (tertiary/aromatic N) is 1. The van der Waals surface area contributed by atoms with Gasteiger partial charge < -0.3 is 9.73 Å². The maximum atomic E-state index is 5.69. The molecule has 1 N–H and O–H groups in total. The molecule has 16 heavy (non-hydrogen) atoms. The number of hydrogen-bond donors (Lipinski definition) is 1. The van der Waals surface area contributed by atoms with Crippen LogP contribution in [0.5, 0.6) is 0 Å². The molecule has 0 atom stereocenters. The maximum Gasteiger partial charge on any atom is 0.117 e. The Morgan fingerprint density at radius 3 is 2.81 bits per heavy atom. The van der Waals surface area contributed by atoms with Crippen molar-refractivity contribution in [3.63, 3.8) is 0 Å². The number of hydrogen-bond acceptors (Lipinski definition) is 3. The van der Waals surface area contributed by atoms with Gasteiger partial charge >= 0.3 is 0 Å². The van der Waals surface area contributed by atoms with Crippen LogP contribution in [0.4, 0.5) is 0 Å². The lowest BCUT2D eigenvalue weighted by Gasteiger charge is -1.98. The standard InChI is InChI=1S/C13H16N2O/c1-2-14-10-13-7-6-12(16-13)9-11-5-3-4-8-15-11/h3-8,14H,2,9-10H2,1H3. The van der Waals surface area contributed by atoms with Crippen molar-refractivity contribution in [2.45, 2.75) is 19.9 Å². The zero-order chi connectivity index (χ0) is 11.2. The van der Waals surface area contributed by atoms with Crippen LogP contribution in [0.25, 0.3) is 0 Å². The first-order valence-electron chi connectivity index (χ1n) is 5.56. The average Bonchev–Trinajstić information content (AvgIpc) is 2.75. The van der Waals surface area contributed by atoms with Gasteiger partial charge in [0.05, 0.1) is 6.54 Å². The van der Waals surface area contributed by atoms with Crippen LogP contribution in [-0.2, 0) is 13.0 Å². The fourth-order valence-electron chi connectivity index (χ4n) is 1.54. The van der Waals surface area contributed by atoms with Crippen molar-refractivity contribution >= 4 is 0 Å². The van der Waals surface area contributed by atoms with Gasteiger partial charge in [-0.3, -0.25) is 4.98 Å². The number of furan rings is 1. The van der Waals surface area contributed by atoms with E-state index in [2.05, 4.69) is 17.2 Å². The minimum Gasteiger partial charge on any atom is -0.464 e. The Labute approximate surface area is 95.5 Å². The van der Waals surface area contributed by atoms with E-state index in [0.717, 1.165) is 36.7 Å². The van der Waals surface area contributed by atoms with Gasteiger partial charge in [0.25, 0.3) is 0 Å². The molecule has 0 amide bonds. The Kier molecular flexibility index (Phi) is 3.72. The Bertz CT molecular complexity index is 423. The molecule has 3 heteroatoms. The molecular formula is C13H16N2O. The molecule has 2 heterocycles. The molecule has 0 spiro atoms. The molecule has 84 valence electrons. The highest BCUT2D eigenvalue weighted by Gasteiger charge is 2.03. The highest BCUT2D eigenvalue weighted by molar-refractivity contribution is 5.15. The van der Waals surface area contributed by atoms with Gasteiger partial charge in [-0.25, -0.2) is 0 Å². The van der Waals surface area contributed by atoms with Crippen LogP contribution in [0.2, 0.25) is 0 Å². The van der Waals surface area contributed by atoms with Gasteiger partial charge in [0.15, 0.2) is 0 Å². The summed E-state index contributed by atoms with van der Waals surface area (Å²) >= 11 is 0. The summed E-state index contributed by atoms with van der Waals surface area (Å²) in [5.41, 5.74) is 1.03. The summed E-state index contributed by atoms with van der Waals surface area (Å²) in [6, 6.07) is 9.95. The summed E-state index contributed by atoms with van der Waals surface area (Å²) < 4.78 is 5.69. The van der Waals surface area contributed by atoms with Crippen LogP contribution in [0.1, 0.15) is 24.1 Å². The van der Waals surface area contributed by atoms with Gasteiger partial charge in [0, 0.05) is 18.3 Å². The minimum absolute atomic E-state index is 0.757. The van der Waals surface area contributed by atoms with Crippen LogP contribution < -0.4 is 5.32 Å². The predicted octanol–water partition coefficient (Wildman–Crippen LogP) is 2.37. The summed E-state index contributed by atoms with van der Waals surface area (Å²) in [4.78, 5) is 4.27. The SMILES string of the molecule is CCNCc1ccc(Cc2ccccn2)o1. The van der Waals surface area contributed by atoms with Crippen LogP contribution in [0, 0.1) is 0 Å². The molecule has 0 aliphatic carbocycles. The van der Waals surface area contributed by atoms with Gasteiger partial charge in [-0.2, -0.15) is 0 Å². The van der Waals surface area contributed by atoms with E-state index >= 15 is 0 Å². The van der Waals surface area contributed by atoms with Gasteiger partial charge in [0.1, 0.15) is 11.5 Å². The van der Waals surface area contributed by atoms with Crippen LogP contribution in [-0.4, -0.2) is 11.5 Å². The molecule has 3 nitrogen and oxygen atoms in total. The smallest absolute Gasteiger partial charge is 0.117 e. The van der Waals surface area contributed by atoms with Crippen LogP contribution in [0.3, 0.4) is 0 Å². The molecule has 0 aliphatic rings. The second-order valence-electron chi connectivity index (χ2n) is 3.65. The topological polar surface area (TPSA) is 38.1 Å². The second kappa shape index (κ2) is 5.47. The first kappa shape index (κ1) is 10.9. The number of aromatic nitrogens is 1. The number of rotatable bonds is 5. The minimum atomic E-state index is 0.757. The van der Waals surface area contributed by atoms with Gasteiger partial charge in [0.2, 0.25) is 0 Å². The molecule has 2 rings (SSSR count). The normalized spacial score (nSPS) is 10.6. The molecule has 0 aliphatic heterocycles. The highest BCUT2D eigenvalue weighted by Crippen LogP contribution is 2.11. The van der Waals surface area contributed by atoms with Crippen molar-refractivity contribution in [1.29, 1.82) is 0 Å². The maximum absolute atomic E-state index is 5.69. The summed E-state index contributed by atoms with van der Waals surface area (Å²) in [7, 11) is 0. The lowest BCUT2D eigenvalue weighted by atomic mass is 10.2. The van der Waals surface area contributed by atoms with Gasteiger partial charge in [-0.15, -0.1) is 0 Å². The van der Waals surface area contributed by atoms with E-state index in [1.165, 1.54) is 0 Å².